The van der Waals surface area contributed by atoms with E-state index in [1.54, 1.807) is 6.08 Å². The lowest BCUT2D eigenvalue weighted by Crippen LogP contribution is -2.45. The normalized spacial score (nSPS) is 12.6. The number of esters is 1. The van der Waals surface area contributed by atoms with E-state index in [1.165, 1.54) is 283 Å². The molecule has 0 radical (unpaired) electrons. The molecule has 2 atom stereocenters. The second-order valence-corrected chi connectivity index (χ2v) is 21.4. The van der Waals surface area contributed by atoms with Gasteiger partial charge in [0.2, 0.25) is 5.91 Å². The Morgan fingerprint density at radius 3 is 1.00 bits per heavy atom. The minimum Gasteiger partial charge on any atom is -0.466 e. The predicted octanol–water partition coefficient (Wildman–Crippen LogP) is 19.2. The quantitative estimate of drug-likeness (QED) is 0.0321. The zero-order chi connectivity index (χ0) is 49.3. The second kappa shape index (κ2) is 58.2. The van der Waals surface area contributed by atoms with Gasteiger partial charge >= 0.3 is 5.97 Å². The Kier molecular flexibility index (Phi) is 57.0. The lowest BCUT2D eigenvalue weighted by Gasteiger charge is -2.20. The van der Waals surface area contributed by atoms with E-state index in [9.17, 15) is 19.8 Å². The van der Waals surface area contributed by atoms with Crippen LogP contribution in [0.15, 0.2) is 12.2 Å². The van der Waals surface area contributed by atoms with Crippen LogP contribution >= 0.6 is 0 Å². The molecule has 0 heterocycles. The van der Waals surface area contributed by atoms with Gasteiger partial charge in [-0.15, -0.1) is 0 Å². The van der Waals surface area contributed by atoms with Gasteiger partial charge in [0, 0.05) is 12.8 Å². The molecule has 0 saturated heterocycles. The molecule has 0 bridgehead atoms. The van der Waals surface area contributed by atoms with E-state index in [0.29, 0.717) is 19.4 Å². The zero-order valence-electron chi connectivity index (χ0n) is 46.1. The molecule has 6 heteroatoms. The SMILES string of the molecule is CCCCCCCCCCC/C=C/C(O)C(CO)NC(=O)CCCCCCCCCCCCCCCCCCCCCCCCCCCCOC(=O)CCCCCCCCCCCCCCCC. The van der Waals surface area contributed by atoms with E-state index in [1.807, 2.05) is 6.08 Å². The van der Waals surface area contributed by atoms with Crippen LogP contribution in [0.3, 0.4) is 0 Å². The van der Waals surface area contributed by atoms with Crippen molar-refractivity contribution in [1.82, 2.24) is 5.32 Å². The summed E-state index contributed by atoms with van der Waals surface area (Å²) in [6.45, 7) is 4.92. The minimum absolute atomic E-state index is 0.0195. The van der Waals surface area contributed by atoms with Gasteiger partial charge in [0.25, 0.3) is 0 Å². The van der Waals surface area contributed by atoms with Crippen LogP contribution in [-0.4, -0.2) is 47.4 Å². The number of carbonyl (C=O) groups excluding carboxylic acids is 2. The molecule has 0 aliphatic rings. The van der Waals surface area contributed by atoms with Crippen molar-refractivity contribution in [3.63, 3.8) is 0 Å². The van der Waals surface area contributed by atoms with Crippen molar-refractivity contribution in [2.45, 2.75) is 360 Å². The zero-order valence-corrected chi connectivity index (χ0v) is 46.1. The van der Waals surface area contributed by atoms with Gasteiger partial charge in [0.05, 0.1) is 25.4 Å². The Morgan fingerprint density at radius 1 is 0.397 bits per heavy atom. The molecule has 0 fully saturated rings. The van der Waals surface area contributed by atoms with Crippen molar-refractivity contribution in [3.05, 3.63) is 12.2 Å². The van der Waals surface area contributed by atoms with Gasteiger partial charge in [-0.2, -0.15) is 0 Å². The number of aliphatic hydroxyl groups excluding tert-OH is 2. The number of rotatable bonds is 58. The Labute approximate surface area is 425 Å². The Balaban J connectivity index is 3.33. The molecule has 0 spiro atoms. The molecule has 404 valence electrons. The van der Waals surface area contributed by atoms with E-state index in [2.05, 4.69) is 19.2 Å². The molecule has 2 unspecified atom stereocenters. The van der Waals surface area contributed by atoms with Crippen molar-refractivity contribution < 1.29 is 24.5 Å². The number of nitrogens with one attached hydrogen (secondary N) is 1. The fourth-order valence-corrected chi connectivity index (χ4v) is 9.81. The summed E-state index contributed by atoms with van der Waals surface area (Å²) in [7, 11) is 0. The molecule has 0 aliphatic heterocycles. The molecule has 3 N–H and O–H groups in total. The van der Waals surface area contributed by atoms with Gasteiger partial charge in [-0.1, -0.05) is 315 Å². The summed E-state index contributed by atoms with van der Waals surface area (Å²) in [6, 6.07) is -0.623. The monoisotopic (exact) mass is 960 g/mol. The Hall–Kier alpha value is -1.40. The molecular formula is C62H121NO5. The van der Waals surface area contributed by atoms with Crippen LogP contribution in [0, 0.1) is 0 Å². The van der Waals surface area contributed by atoms with Crippen LogP contribution in [0.1, 0.15) is 348 Å². The maximum Gasteiger partial charge on any atom is 0.305 e. The molecule has 1 amide bonds. The van der Waals surface area contributed by atoms with E-state index >= 15 is 0 Å². The first-order valence-corrected chi connectivity index (χ1v) is 31.0. The van der Waals surface area contributed by atoms with Gasteiger partial charge in [-0.25, -0.2) is 0 Å². The number of unbranched alkanes of at least 4 members (excludes halogenated alkanes) is 47. The first-order valence-electron chi connectivity index (χ1n) is 31.0. The number of ether oxygens (including phenoxy) is 1. The Morgan fingerprint density at radius 2 is 0.676 bits per heavy atom. The molecule has 0 saturated carbocycles. The summed E-state index contributed by atoms with van der Waals surface area (Å²) in [5.74, 6) is -0.0459. The molecule has 0 aromatic heterocycles. The number of hydrogen-bond acceptors (Lipinski definition) is 5. The summed E-state index contributed by atoms with van der Waals surface area (Å²) < 4.78 is 5.49. The molecule has 0 aromatic rings. The van der Waals surface area contributed by atoms with Gasteiger partial charge < -0.3 is 20.3 Å². The third-order valence-corrected chi connectivity index (χ3v) is 14.6. The molecular weight excluding hydrogens is 839 g/mol. The lowest BCUT2D eigenvalue weighted by molar-refractivity contribution is -0.143. The highest BCUT2D eigenvalue weighted by molar-refractivity contribution is 5.76. The van der Waals surface area contributed by atoms with Gasteiger partial charge in [-0.3, -0.25) is 9.59 Å². The maximum atomic E-state index is 12.4. The minimum atomic E-state index is -0.840. The summed E-state index contributed by atoms with van der Waals surface area (Å²) in [4.78, 5) is 24.5. The summed E-state index contributed by atoms with van der Waals surface area (Å²) in [6.07, 6.45) is 69.8. The van der Waals surface area contributed by atoms with Crippen LogP contribution in [0.2, 0.25) is 0 Å². The summed E-state index contributed by atoms with van der Waals surface area (Å²) in [5.41, 5.74) is 0. The highest BCUT2D eigenvalue weighted by Gasteiger charge is 2.18. The molecule has 0 rings (SSSR count). The van der Waals surface area contributed by atoms with Crippen LogP contribution in [-0.2, 0) is 14.3 Å². The van der Waals surface area contributed by atoms with Gasteiger partial charge in [0.15, 0.2) is 0 Å². The highest BCUT2D eigenvalue weighted by atomic mass is 16.5. The second-order valence-electron chi connectivity index (χ2n) is 21.4. The maximum absolute atomic E-state index is 12.4. The van der Waals surface area contributed by atoms with Gasteiger partial charge in [-0.05, 0) is 32.1 Å². The standard InChI is InChI=1S/C62H121NO5/c1-3-5-7-9-11-13-15-16-32-36-40-44-48-52-56-62(67)68-57-53-49-45-41-37-33-30-28-26-24-22-20-18-17-19-21-23-25-27-29-31-35-39-43-47-51-55-61(66)63-59(58-64)60(65)54-50-46-42-38-34-14-12-10-8-6-4-2/h50,54,59-60,64-65H,3-49,51-53,55-58H2,1-2H3,(H,63,66)/b54-50+. The predicted molar refractivity (Wildman–Crippen MR) is 297 cm³/mol. The molecule has 0 aliphatic carbocycles. The average Bonchev–Trinajstić information content (AvgIpc) is 3.34. The van der Waals surface area contributed by atoms with E-state index in [0.717, 1.165) is 38.5 Å². The average molecular weight is 961 g/mol. The summed E-state index contributed by atoms with van der Waals surface area (Å²) >= 11 is 0. The van der Waals surface area contributed by atoms with E-state index in [4.69, 9.17) is 4.74 Å². The van der Waals surface area contributed by atoms with Crippen LogP contribution < -0.4 is 5.32 Å². The van der Waals surface area contributed by atoms with Gasteiger partial charge in [0.1, 0.15) is 0 Å². The van der Waals surface area contributed by atoms with Crippen molar-refractivity contribution >= 4 is 11.9 Å². The first kappa shape index (κ1) is 66.6. The van der Waals surface area contributed by atoms with Crippen molar-refractivity contribution in [3.8, 4) is 0 Å². The number of hydrogen-bond donors (Lipinski definition) is 3. The van der Waals surface area contributed by atoms with Crippen molar-refractivity contribution in [2.24, 2.45) is 0 Å². The third kappa shape index (κ3) is 53.9. The fraction of sp³-hybridized carbons (Fsp3) is 0.935. The first-order chi connectivity index (χ1) is 33.5. The van der Waals surface area contributed by atoms with Crippen molar-refractivity contribution in [1.29, 1.82) is 0 Å². The third-order valence-electron chi connectivity index (χ3n) is 14.6. The lowest BCUT2D eigenvalue weighted by atomic mass is 10.0. The Bertz CT molecular complexity index is 1020. The summed E-state index contributed by atoms with van der Waals surface area (Å²) in [5, 5.41) is 23.0. The number of carbonyl (C=O) groups is 2. The van der Waals surface area contributed by atoms with Crippen LogP contribution in [0.25, 0.3) is 0 Å². The number of aliphatic hydroxyl groups is 2. The topological polar surface area (TPSA) is 95.9 Å². The highest BCUT2D eigenvalue weighted by Crippen LogP contribution is 2.18. The molecule has 0 aromatic carbocycles. The molecule has 68 heavy (non-hydrogen) atoms. The number of amides is 1. The van der Waals surface area contributed by atoms with Crippen LogP contribution in [0.5, 0.6) is 0 Å². The van der Waals surface area contributed by atoms with Crippen molar-refractivity contribution in [2.75, 3.05) is 13.2 Å². The smallest absolute Gasteiger partial charge is 0.305 e. The largest absolute Gasteiger partial charge is 0.466 e. The van der Waals surface area contributed by atoms with E-state index in [-0.39, 0.29) is 18.5 Å². The number of allylic oxidation sites excluding steroid dienone is 1. The van der Waals surface area contributed by atoms with Crippen LogP contribution in [0.4, 0.5) is 0 Å². The van der Waals surface area contributed by atoms with E-state index < -0.39 is 12.1 Å². The molecule has 6 nitrogen and oxygen atoms in total. The fourth-order valence-electron chi connectivity index (χ4n) is 9.81.